The molecule has 4 heteroatoms. The van der Waals surface area contributed by atoms with Gasteiger partial charge in [0.05, 0.1) is 17.7 Å². The second kappa shape index (κ2) is 4.28. The van der Waals surface area contributed by atoms with E-state index in [0.29, 0.717) is 11.1 Å². The van der Waals surface area contributed by atoms with Gasteiger partial charge in [0.25, 0.3) is 0 Å². The smallest absolute Gasteiger partial charge is 0.181 e. The average Bonchev–Trinajstić information content (AvgIpc) is 3.06. The summed E-state index contributed by atoms with van der Waals surface area (Å²) in [7, 11) is 0. The van der Waals surface area contributed by atoms with Gasteiger partial charge in [-0.15, -0.1) is 0 Å². The lowest BCUT2D eigenvalue weighted by atomic mass is 10.0. The summed E-state index contributed by atoms with van der Waals surface area (Å²) in [5, 5.41) is 13.0. The van der Waals surface area contributed by atoms with Crippen molar-refractivity contribution in [3.63, 3.8) is 0 Å². The van der Waals surface area contributed by atoms with Crippen LogP contribution >= 0.6 is 0 Å². The van der Waals surface area contributed by atoms with Crippen LogP contribution in [0.5, 0.6) is 0 Å². The Bertz CT molecular complexity index is 645. The zero-order valence-corrected chi connectivity index (χ0v) is 9.86. The van der Waals surface area contributed by atoms with E-state index in [1.807, 2.05) is 6.07 Å². The molecule has 0 spiro atoms. The Morgan fingerprint density at radius 3 is 3.06 bits per heavy atom. The topological polar surface area (TPSA) is 68.7 Å². The predicted molar refractivity (Wildman–Crippen MR) is 68.4 cm³/mol. The number of H-pyrrole nitrogens is 1. The molecule has 0 amide bonds. The highest BCUT2D eigenvalue weighted by Gasteiger charge is 2.25. The molecule has 2 N–H and O–H groups in total. The minimum atomic E-state index is -0.0743. The van der Waals surface area contributed by atoms with Crippen molar-refractivity contribution in [2.45, 2.75) is 18.9 Å². The lowest BCUT2D eigenvalue weighted by molar-refractivity contribution is 0.0954. The van der Waals surface area contributed by atoms with Crippen LogP contribution in [0.15, 0.2) is 24.4 Å². The molecule has 1 aliphatic rings. The van der Waals surface area contributed by atoms with Crippen LogP contribution in [0.3, 0.4) is 0 Å². The number of Topliss-reactive ketones (excluding diaryl/α,β-unsaturated/α-hetero) is 1. The minimum Gasteiger partial charge on any atom is -0.360 e. The molecule has 3 rings (SSSR count). The van der Waals surface area contributed by atoms with Crippen molar-refractivity contribution in [2.24, 2.45) is 0 Å². The van der Waals surface area contributed by atoms with E-state index in [4.69, 9.17) is 5.26 Å². The molecule has 1 saturated heterocycles. The summed E-state index contributed by atoms with van der Waals surface area (Å²) >= 11 is 0. The molecule has 1 aromatic carbocycles. The van der Waals surface area contributed by atoms with Gasteiger partial charge in [-0.3, -0.25) is 4.79 Å². The number of carbonyl (C=O) groups is 1. The summed E-state index contributed by atoms with van der Waals surface area (Å²) in [6.45, 7) is 0.905. The SMILES string of the molecule is N#Cc1ccc2[nH]cc(C(=O)C3CCCN3)c2c1. The van der Waals surface area contributed by atoms with Crippen molar-refractivity contribution in [1.82, 2.24) is 10.3 Å². The van der Waals surface area contributed by atoms with Gasteiger partial charge < -0.3 is 10.3 Å². The third kappa shape index (κ3) is 1.69. The molecule has 1 fully saturated rings. The van der Waals surface area contributed by atoms with Crippen LogP contribution < -0.4 is 5.32 Å². The molecule has 1 aliphatic heterocycles. The Kier molecular flexibility index (Phi) is 2.62. The van der Waals surface area contributed by atoms with Gasteiger partial charge in [0.2, 0.25) is 0 Å². The lowest BCUT2D eigenvalue weighted by Crippen LogP contribution is -2.30. The Hall–Kier alpha value is -2.12. The van der Waals surface area contributed by atoms with E-state index in [2.05, 4.69) is 16.4 Å². The first-order valence-electron chi connectivity index (χ1n) is 6.08. The highest BCUT2D eigenvalue weighted by atomic mass is 16.1. The molecule has 1 unspecified atom stereocenters. The number of nitrogens with zero attached hydrogens (tertiary/aromatic N) is 1. The van der Waals surface area contributed by atoms with E-state index in [1.165, 1.54) is 0 Å². The summed E-state index contributed by atoms with van der Waals surface area (Å²) in [6.07, 6.45) is 3.68. The third-order valence-corrected chi connectivity index (χ3v) is 3.45. The van der Waals surface area contributed by atoms with Gasteiger partial charge in [0.1, 0.15) is 0 Å². The second-order valence-corrected chi connectivity index (χ2v) is 4.59. The van der Waals surface area contributed by atoms with Crippen molar-refractivity contribution in [1.29, 1.82) is 5.26 Å². The van der Waals surface area contributed by atoms with Crippen molar-refractivity contribution in [2.75, 3.05) is 6.54 Å². The number of nitriles is 1. The van der Waals surface area contributed by atoms with Crippen molar-refractivity contribution in [3.8, 4) is 6.07 Å². The van der Waals surface area contributed by atoms with Gasteiger partial charge >= 0.3 is 0 Å². The van der Waals surface area contributed by atoms with E-state index in [0.717, 1.165) is 30.3 Å². The Morgan fingerprint density at radius 1 is 1.44 bits per heavy atom. The van der Waals surface area contributed by atoms with Crippen LogP contribution in [0.25, 0.3) is 10.9 Å². The number of hydrogen-bond donors (Lipinski definition) is 2. The number of ketones is 1. The largest absolute Gasteiger partial charge is 0.360 e. The number of rotatable bonds is 2. The Labute approximate surface area is 105 Å². The van der Waals surface area contributed by atoms with Crippen molar-refractivity contribution in [3.05, 3.63) is 35.5 Å². The molecule has 0 aliphatic carbocycles. The van der Waals surface area contributed by atoms with Crippen LogP contribution in [0.4, 0.5) is 0 Å². The van der Waals surface area contributed by atoms with Gasteiger partial charge in [-0.05, 0) is 37.6 Å². The molecule has 1 aromatic heterocycles. The summed E-state index contributed by atoms with van der Waals surface area (Å²) in [5.41, 5.74) is 2.16. The van der Waals surface area contributed by atoms with Crippen LogP contribution in [0.1, 0.15) is 28.8 Å². The molecular weight excluding hydrogens is 226 g/mol. The van der Waals surface area contributed by atoms with Gasteiger partial charge in [-0.2, -0.15) is 5.26 Å². The van der Waals surface area contributed by atoms with Gasteiger partial charge in [-0.1, -0.05) is 0 Å². The van der Waals surface area contributed by atoms with Crippen LogP contribution in [-0.4, -0.2) is 23.4 Å². The van der Waals surface area contributed by atoms with Gasteiger partial charge in [0, 0.05) is 22.7 Å². The Morgan fingerprint density at radius 2 is 2.33 bits per heavy atom. The minimum absolute atomic E-state index is 0.0743. The number of carbonyl (C=O) groups excluding carboxylic acids is 1. The van der Waals surface area contributed by atoms with Crippen LogP contribution in [-0.2, 0) is 0 Å². The first-order chi connectivity index (χ1) is 8.79. The maximum Gasteiger partial charge on any atom is 0.181 e. The summed E-state index contributed by atoms with van der Waals surface area (Å²) in [5.74, 6) is 0.119. The summed E-state index contributed by atoms with van der Waals surface area (Å²) < 4.78 is 0. The maximum absolute atomic E-state index is 12.4. The van der Waals surface area contributed by atoms with Crippen molar-refractivity contribution >= 4 is 16.7 Å². The number of aromatic nitrogens is 1. The monoisotopic (exact) mass is 239 g/mol. The molecule has 90 valence electrons. The number of fused-ring (bicyclic) bond motifs is 1. The molecule has 2 heterocycles. The zero-order valence-electron chi connectivity index (χ0n) is 9.86. The molecule has 18 heavy (non-hydrogen) atoms. The first-order valence-corrected chi connectivity index (χ1v) is 6.08. The first kappa shape index (κ1) is 11.0. The standard InChI is InChI=1S/C14H13N3O/c15-7-9-3-4-12-10(6-9)11(8-17-12)14(18)13-2-1-5-16-13/h3-4,6,8,13,16-17H,1-2,5H2. The quantitative estimate of drug-likeness (QED) is 0.787. The molecule has 2 aromatic rings. The van der Waals surface area contributed by atoms with E-state index < -0.39 is 0 Å². The molecule has 0 bridgehead atoms. The summed E-state index contributed by atoms with van der Waals surface area (Å²) in [6, 6.07) is 7.39. The number of hydrogen-bond acceptors (Lipinski definition) is 3. The third-order valence-electron chi connectivity index (χ3n) is 3.45. The normalized spacial score (nSPS) is 18.9. The van der Waals surface area contributed by atoms with E-state index >= 15 is 0 Å². The number of nitrogens with one attached hydrogen (secondary N) is 2. The lowest BCUT2D eigenvalue weighted by Gasteiger charge is -2.07. The fourth-order valence-electron chi connectivity index (χ4n) is 2.49. The highest BCUT2D eigenvalue weighted by molar-refractivity contribution is 6.10. The number of benzene rings is 1. The molecule has 1 atom stereocenters. The maximum atomic E-state index is 12.4. The van der Waals surface area contributed by atoms with E-state index in [-0.39, 0.29) is 11.8 Å². The zero-order chi connectivity index (χ0) is 12.5. The van der Waals surface area contributed by atoms with E-state index in [1.54, 1.807) is 18.3 Å². The fourth-order valence-corrected chi connectivity index (χ4v) is 2.49. The van der Waals surface area contributed by atoms with Crippen LogP contribution in [0, 0.1) is 11.3 Å². The Balaban J connectivity index is 2.06. The van der Waals surface area contributed by atoms with Crippen molar-refractivity contribution < 1.29 is 4.79 Å². The summed E-state index contributed by atoms with van der Waals surface area (Å²) in [4.78, 5) is 15.4. The van der Waals surface area contributed by atoms with Crippen LogP contribution in [0.2, 0.25) is 0 Å². The van der Waals surface area contributed by atoms with Gasteiger partial charge in [0.15, 0.2) is 5.78 Å². The molecule has 4 nitrogen and oxygen atoms in total. The predicted octanol–water partition coefficient (Wildman–Crippen LogP) is 1.97. The molecular formula is C14H13N3O. The highest BCUT2D eigenvalue weighted by Crippen LogP contribution is 2.22. The van der Waals surface area contributed by atoms with E-state index in [9.17, 15) is 4.79 Å². The van der Waals surface area contributed by atoms with Gasteiger partial charge in [-0.25, -0.2) is 0 Å². The number of aromatic amines is 1. The average molecular weight is 239 g/mol. The molecule has 0 radical (unpaired) electrons. The fraction of sp³-hybridized carbons (Fsp3) is 0.286. The second-order valence-electron chi connectivity index (χ2n) is 4.59. The molecule has 0 saturated carbocycles.